The third-order valence-corrected chi connectivity index (χ3v) is 15.7. The number of nitrogens with two attached hydrogens (primary N) is 1. The van der Waals surface area contributed by atoms with Crippen LogP contribution in [0.5, 0.6) is 5.88 Å². The largest absolute Gasteiger partial charge is 0.478 e. The van der Waals surface area contributed by atoms with Gasteiger partial charge in [-0.05, 0) is 72.6 Å². The Balaban J connectivity index is 1.05. The number of benzene rings is 2. The van der Waals surface area contributed by atoms with Crippen LogP contribution in [0.4, 0.5) is 0 Å². The van der Waals surface area contributed by atoms with Crippen LogP contribution in [0.25, 0.3) is 22.4 Å². The van der Waals surface area contributed by atoms with Gasteiger partial charge in [0.25, 0.3) is 40.5 Å². The summed E-state index contributed by atoms with van der Waals surface area (Å²) in [6, 6.07) is 14.9. The molecule has 0 aliphatic carbocycles. The van der Waals surface area contributed by atoms with E-state index in [2.05, 4.69) is 58.2 Å². The molecule has 0 bridgehead atoms. The fraction of sp³-hybridized carbons (Fsp3) is 0.558. The third-order valence-electron chi connectivity index (χ3n) is 12.6. The van der Waals surface area contributed by atoms with E-state index in [1.165, 1.54) is 0 Å². The Kier molecular flexibility index (Phi) is 30.2. The molecule has 0 fully saturated rings. The number of aryl methyl sites for hydroxylation is 1. The highest BCUT2D eigenvalue weighted by molar-refractivity contribution is 7.86. The van der Waals surface area contributed by atoms with Crippen LogP contribution in [0.3, 0.4) is 0 Å². The fourth-order valence-corrected chi connectivity index (χ4v) is 10.9. The predicted octanol–water partition coefficient (Wildman–Crippen LogP) is -0.505. The highest BCUT2D eigenvalue weighted by Gasteiger charge is 2.36. The van der Waals surface area contributed by atoms with Crippen LogP contribution in [0.1, 0.15) is 71.0 Å². The Morgan fingerprint density at radius 1 is 0.557 bits per heavy atom. The van der Waals surface area contributed by atoms with E-state index in [1.807, 2.05) is 54.6 Å². The molecule has 2 aromatic heterocycles. The number of hydrogen-bond donors (Lipinski definition) is 10. The average Bonchev–Trinajstić information content (AvgIpc) is 2.21. The number of ether oxygens (including phenoxy) is 4. The van der Waals surface area contributed by atoms with Gasteiger partial charge in [-0.2, -0.15) is 33.7 Å². The number of tetrazole rings is 1. The minimum atomic E-state index is -5.25. The van der Waals surface area contributed by atoms with Crippen molar-refractivity contribution in [3.8, 4) is 28.3 Å². The molecule has 36 heteroatoms. The molecule has 0 radical (unpaired) electrons. The molecular formula is C52H77N11O21S4. The molecule has 4 aromatic rings. The summed E-state index contributed by atoms with van der Waals surface area (Å²) in [5.41, 5.74) is 8.98. The average molecular weight is 1320 g/mol. The lowest BCUT2D eigenvalue weighted by Crippen LogP contribution is -2.61. The summed E-state index contributed by atoms with van der Waals surface area (Å²) in [5.74, 6) is -11.4. The number of carbonyl (C=O) groups is 5. The smallest absolute Gasteiger partial charge is 0.267 e. The van der Waals surface area contributed by atoms with E-state index in [-0.39, 0.29) is 57.3 Å². The van der Waals surface area contributed by atoms with E-state index in [4.69, 9.17) is 34.2 Å². The van der Waals surface area contributed by atoms with Crippen molar-refractivity contribution in [2.45, 2.75) is 101 Å². The highest BCUT2D eigenvalue weighted by atomic mass is 32.2. The lowest BCUT2D eigenvalue weighted by molar-refractivity contribution is -0.133. The van der Waals surface area contributed by atoms with Crippen molar-refractivity contribution in [2.75, 3.05) is 82.3 Å². The maximum atomic E-state index is 13.2. The van der Waals surface area contributed by atoms with Crippen molar-refractivity contribution in [3.05, 3.63) is 78.6 Å². The first-order chi connectivity index (χ1) is 41.4. The number of amides is 5. The summed E-state index contributed by atoms with van der Waals surface area (Å²) in [6.07, 6.45) is 4.86. The lowest BCUT2D eigenvalue weighted by Gasteiger charge is -2.24. The van der Waals surface area contributed by atoms with Crippen molar-refractivity contribution in [2.24, 2.45) is 5.73 Å². The maximum Gasteiger partial charge on any atom is 0.267 e. The number of unbranched alkanes of at least 4 members (excludes halogenated alkanes) is 2. The Morgan fingerprint density at radius 3 is 1.58 bits per heavy atom. The second kappa shape index (κ2) is 36.1. The topological polar surface area (TPSA) is 482 Å². The lowest BCUT2D eigenvalue weighted by atomic mass is 9.86. The molecule has 11 N–H and O–H groups in total. The van der Waals surface area contributed by atoms with Gasteiger partial charge in [-0.15, -0.1) is 5.10 Å². The van der Waals surface area contributed by atoms with Crippen molar-refractivity contribution in [1.29, 1.82) is 0 Å². The van der Waals surface area contributed by atoms with Gasteiger partial charge in [-0.25, -0.2) is 9.67 Å². The van der Waals surface area contributed by atoms with Crippen molar-refractivity contribution in [1.82, 2.24) is 51.8 Å². The number of aromatic nitrogens is 5. The van der Waals surface area contributed by atoms with Gasteiger partial charge in [-0.1, -0.05) is 74.5 Å². The Hall–Kier alpha value is -6.71. The number of nitrogens with one attached hydrogen (secondary N) is 5. The first-order valence-electron chi connectivity index (χ1n) is 27.7. The van der Waals surface area contributed by atoms with E-state index in [0.29, 0.717) is 57.9 Å². The SMILES string of the molecule is CC(C)(CCCCOc1cc(-c2ccccc2)cc(-c2ccccc2)n1)c1nnnn1CCCCC(=O)NCCCOCCOCCOCCCNC(=O)[C@H](CS(=O)(=O)O)NC(=O)[C@H](CS(=O)(=O)O)NC(=O)[C@H](CS(=O)(=O)O)NC(=O)[C@@H](N)CS(=O)(=O)O. The maximum absolute atomic E-state index is 13.2. The highest BCUT2D eigenvalue weighted by Crippen LogP contribution is 2.30. The van der Waals surface area contributed by atoms with Gasteiger partial charge in [0.2, 0.25) is 35.4 Å². The van der Waals surface area contributed by atoms with Crippen LogP contribution >= 0.6 is 0 Å². The van der Waals surface area contributed by atoms with E-state index < -0.39 is 111 Å². The molecule has 32 nitrogen and oxygen atoms in total. The molecule has 0 spiro atoms. The van der Waals surface area contributed by atoms with Crippen LogP contribution in [-0.4, -0.2) is 213 Å². The molecule has 5 amide bonds. The van der Waals surface area contributed by atoms with Gasteiger partial charge in [0.15, 0.2) is 5.82 Å². The first-order valence-corrected chi connectivity index (χ1v) is 34.1. The number of hydrogen-bond acceptors (Lipinski definition) is 22. The molecule has 2 aromatic carbocycles. The van der Waals surface area contributed by atoms with Crippen molar-refractivity contribution in [3.63, 3.8) is 0 Å². The second-order valence-electron chi connectivity index (χ2n) is 20.7. The summed E-state index contributed by atoms with van der Waals surface area (Å²) >= 11 is 0. The number of nitrogens with zero attached hydrogens (tertiary/aromatic N) is 5. The molecule has 0 aliphatic heterocycles. The molecule has 0 unspecified atom stereocenters. The molecule has 0 saturated heterocycles. The van der Waals surface area contributed by atoms with E-state index in [0.717, 1.165) is 47.5 Å². The normalized spacial score (nSPS) is 13.6. The Labute approximate surface area is 510 Å². The zero-order chi connectivity index (χ0) is 65.0. The van der Waals surface area contributed by atoms with Crippen molar-refractivity contribution >= 4 is 70.0 Å². The second-order valence-corrected chi connectivity index (χ2v) is 26.6. The summed E-state index contributed by atoms with van der Waals surface area (Å²) < 4.78 is 154. The third kappa shape index (κ3) is 30.0. The van der Waals surface area contributed by atoms with Gasteiger partial charge in [0.05, 0.1) is 44.5 Å². The standard InChI is InChI=1S/C52H77N11O21S4/c1-52(2,20-10-12-26-84-46-32-39(37-15-5-3-6-16-37)31-41(56-46)38-17-7-4-8-18-38)51-60-61-62-63(51)23-11-9-19-45(64)54-21-13-24-81-27-29-83-30-28-82-25-14-22-55-48(66)42(34-86(72,73)74)58-50(68)44(36-88(78,79)80)59-49(67)43(35-87(75,76)77)57-47(65)40(53)33-85(69,70)71/h3-8,15-18,31-32,40,42-44H,9-14,19-30,33-36,53H2,1-2H3,(H,54,64)(H,55,66)(H,57,65)(H,58,68)(H,59,67)(H,69,70,71)(H,72,73,74)(H,75,76,77)(H,78,79,80)/t40-,42-,43-,44-/m0/s1. The van der Waals surface area contributed by atoms with Gasteiger partial charge in [0.1, 0.15) is 41.4 Å². The molecule has 490 valence electrons. The van der Waals surface area contributed by atoms with Crippen LogP contribution in [-0.2, 0) is 90.6 Å². The fourth-order valence-electron chi connectivity index (χ4n) is 8.33. The molecule has 0 aliphatic rings. The quantitative estimate of drug-likeness (QED) is 0.0197. The Morgan fingerprint density at radius 2 is 1.05 bits per heavy atom. The van der Waals surface area contributed by atoms with E-state index >= 15 is 0 Å². The Bertz CT molecular complexity index is 3290. The minimum Gasteiger partial charge on any atom is -0.478 e. The number of rotatable bonds is 43. The van der Waals surface area contributed by atoms with Crippen molar-refractivity contribution < 1.29 is 94.8 Å². The van der Waals surface area contributed by atoms with Gasteiger partial charge >= 0.3 is 0 Å². The zero-order valence-electron chi connectivity index (χ0n) is 48.5. The van der Waals surface area contributed by atoms with Gasteiger partial charge in [0, 0.05) is 56.3 Å². The molecule has 4 rings (SSSR count). The molecule has 2 heterocycles. The number of carbonyl (C=O) groups excluding carboxylic acids is 5. The van der Waals surface area contributed by atoms with Gasteiger partial charge < -0.3 is 51.3 Å². The van der Waals surface area contributed by atoms with E-state index in [9.17, 15) is 71.3 Å². The monoisotopic (exact) mass is 1320 g/mol. The van der Waals surface area contributed by atoms with Crippen LogP contribution in [0.15, 0.2) is 72.8 Å². The summed E-state index contributed by atoms with van der Waals surface area (Å²) in [6.45, 7) is 6.66. The predicted molar refractivity (Wildman–Crippen MR) is 316 cm³/mol. The van der Waals surface area contributed by atoms with Crippen LogP contribution < -0.4 is 37.1 Å². The van der Waals surface area contributed by atoms with E-state index in [1.54, 1.807) is 20.6 Å². The first kappa shape index (κ1) is 73.8. The minimum absolute atomic E-state index is 0.0330. The van der Waals surface area contributed by atoms with Gasteiger partial charge in [-0.3, -0.25) is 42.2 Å². The zero-order valence-corrected chi connectivity index (χ0v) is 51.7. The molecular weight excluding hydrogens is 1240 g/mol. The molecule has 0 saturated carbocycles. The molecule has 4 atom stereocenters. The summed E-state index contributed by atoms with van der Waals surface area (Å²) in [5, 5.41) is 22.7. The summed E-state index contributed by atoms with van der Waals surface area (Å²) in [4.78, 5) is 68.8. The summed E-state index contributed by atoms with van der Waals surface area (Å²) in [7, 11) is -20.4. The van der Waals surface area contributed by atoms with Crippen LogP contribution in [0, 0.1) is 0 Å². The van der Waals surface area contributed by atoms with Crippen LogP contribution in [0.2, 0.25) is 0 Å². The molecule has 88 heavy (non-hydrogen) atoms. The number of pyridine rings is 1.